The van der Waals surface area contributed by atoms with E-state index in [-0.39, 0.29) is 5.78 Å². The first kappa shape index (κ1) is 12.6. The van der Waals surface area contributed by atoms with Crippen LogP contribution in [0.4, 0.5) is 0 Å². The number of carbonyl (C=O) groups is 2. The summed E-state index contributed by atoms with van der Waals surface area (Å²) < 4.78 is 5.29. The van der Waals surface area contributed by atoms with Crippen molar-refractivity contribution in [3.8, 4) is 5.75 Å². The van der Waals surface area contributed by atoms with E-state index >= 15 is 0 Å². The zero-order valence-corrected chi connectivity index (χ0v) is 11.3. The number of carbonyl (C=O) groups excluding carboxylic acids is 2. The maximum absolute atomic E-state index is 12.5. The van der Waals surface area contributed by atoms with Crippen molar-refractivity contribution in [1.82, 2.24) is 0 Å². The molecule has 0 N–H and O–H groups in total. The molecule has 1 aliphatic heterocycles. The number of para-hydroxylation sites is 1. The number of ether oxygens (including phenoxy) is 1. The summed E-state index contributed by atoms with van der Waals surface area (Å²) in [5, 5.41) is 0. The predicted molar refractivity (Wildman–Crippen MR) is 75.1 cm³/mol. The quantitative estimate of drug-likeness (QED) is 0.452. The summed E-state index contributed by atoms with van der Waals surface area (Å²) in [5.41, 5.74) is 3.22. The topological polar surface area (TPSA) is 43.4 Å². The first-order valence-corrected chi connectivity index (χ1v) is 6.49. The van der Waals surface area contributed by atoms with Gasteiger partial charge in [0, 0.05) is 0 Å². The Morgan fingerprint density at radius 1 is 0.950 bits per heavy atom. The van der Waals surface area contributed by atoms with Gasteiger partial charge in [0.05, 0.1) is 5.56 Å². The molecule has 2 aromatic rings. The van der Waals surface area contributed by atoms with Crippen molar-refractivity contribution in [1.29, 1.82) is 0 Å². The minimum atomic E-state index is -0.858. The van der Waals surface area contributed by atoms with Crippen molar-refractivity contribution in [3.05, 3.63) is 64.7 Å². The van der Waals surface area contributed by atoms with Crippen LogP contribution in [0.3, 0.4) is 0 Å². The Morgan fingerprint density at radius 2 is 1.60 bits per heavy atom. The maximum Gasteiger partial charge on any atom is 0.326 e. The molecule has 1 unspecified atom stereocenters. The number of ketones is 1. The lowest BCUT2D eigenvalue weighted by atomic mass is 9.87. The van der Waals surface area contributed by atoms with Gasteiger partial charge in [0.15, 0.2) is 5.78 Å². The van der Waals surface area contributed by atoms with Crippen molar-refractivity contribution >= 4 is 11.8 Å². The van der Waals surface area contributed by atoms with E-state index in [1.54, 1.807) is 24.3 Å². The molecule has 0 saturated carbocycles. The van der Waals surface area contributed by atoms with Gasteiger partial charge >= 0.3 is 5.97 Å². The van der Waals surface area contributed by atoms with Gasteiger partial charge in [0.1, 0.15) is 11.7 Å². The highest BCUT2D eigenvalue weighted by atomic mass is 16.5. The lowest BCUT2D eigenvalue weighted by Crippen LogP contribution is -2.31. The van der Waals surface area contributed by atoms with Crippen molar-refractivity contribution in [2.24, 2.45) is 0 Å². The first-order valence-electron chi connectivity index (χ1n) is 6.49. The lowest BCUT2D eigenvalue weighted by molar-refractivity contribution is -0.135. The van der Waals surface area contributed by atoms with E-state index in [1.807, 2.05) is 32.0 Å². The molecule has 0 fully saturated rings. The molecule has 3 nitrogen and oxygen atoms in total. The van der Waals surface area contributed by atoms with Crippen molar-refractivity contribution in [2.45, 2.75) is 19.8 Å². The third kappa shape index (κ3) is 2.01. The van der Waals surface area contributed by atoms with E-state index in [0.717, 1.165) is 11.1 Å². The van der Waals surface area contributed by atoms with E-state index < -0.39 is 11.9 Å². The molecule has 0 aliphatic carbocycles. The Balaban J connectivity index is 2.11. The van der Waals surface area contributed by atoms with Gasteiger partial charge in [-0.1, -0.05) is 41.5 Å². The van der Waals surface area contributed by atoms with Crippen molar-refractivity contribution in [3.63, 3.8) is 0 Å². The molecule has 0 bridgehead atoms. The standard InChI is InChI=1S/C17H14O3/c1-10-7-11(2)9-12(8-10)15-16(18)13-5-3-4-6-14(13)20-17(15)19/h3-9,15H,1-2H3. The highest BCUT2D eigenvalue weighted by Crippen LogP contribution is 2.33. The summed E-state index contributed by atoms with van der Waals surface area (Å²) in [6, 6.07) is 12.6. The van der Waals surface area contributed by atoms with Crippen LogP contribution in [0.25, 0.3) is 0 Å². The van der Waals surface area contributed by atoms with Gasteiger partial charge in [-0.05, 0) is 31.5 Å². The number of esters is 1. The minimum Gasteiger partial charge on any atom is -0.425 e. The van der Waals surface area contributed by atoms with Crippen LogP contribution in [0.15, 0.2) is 42.5 Å². The van der Waals surface area contributed by atoms with Crippen LogP contribution >= 0.6 is 0 Å². The van der Waals surface area contributed by atoms with Gasteiger partial charge in [0.2, 0.25) is 0 Å². The highest BCUT2D eigenvalue weighted by molar-refractivity contribution is 6.17. The normalized spacial score (nSPS) is 17.6. The third-order valence-electron chi connectivity index (χ3n) is 3.44. The summed E-state index contributed by atoms with van der Waals surface area (Å²) >= 11 is 0. The van der Waals surface area contributed by atoms with Gasteiger partial charge in [-0.25, -0.2) is 0 Å². The van der Waals surface area contributed by atoms with Crippen LogP contribution in [0.5, 0.6) is 5.75 Å². The van der Waals surface area contributed by atoms with E-state index in [1.165, 1.54) is 0 Å². The van der Waals surface area contributed by atoms with E-state index in [4.69, 9.17) is 4.74 Å². The van der Waals surface area contributed by atoms with Gasteiger partial charge in [0.25, 0.3) is 0 Å². The number of benzene rings is 2. The van der Waals surface area contributed by atoms with E-state index in [9.17, 15) is 9.59 Å². The van der Waals surface area contributed by atoms with E-state index in [2.05, 4.69) is 0 Å². The molecule has 0 aromatic heterocycles. The molecule has 3 heteroatoms. The Hall–Kier alpha value is -2.42. The Bertz CT molecular complexity index is 696. The number of hydrogen-bond donors (Lipinski definition) is 0. The number of hydrogen-bond acceptors (Lipinski definition) is 3. The monoisotopic (exact) mass is 266 g/mol. The molecule has 3 rings (SSSR count). The molecular formula is C17H14O3. The van der Waals surface area contributed by atoms with Crippen LogP contribution in [0.1, 0.15) is 33.0 Å². The van der Waals surface area contributed by atoms with Crippen molar-refractivity contribution in [2.75, 3.05) is 0 Å². The molecular weight excluding hydrogens is 252 g/mol. The summed E-state index contributed by atoms with van der Waals surface area (Å²) in [5.74, 6) is -1.20. The molecule has 100 valence electrons. The zero-order valence-electron chi connectivity index (χ0n) is 11.3. The fourth-order valence-corrected chi connectivity index (χ4v) is 2.65. The summed E-state index contributed by atoms with van der Waals surface area (Å²) in [4.78, 5) is 24.7. The lowest BCUT2D eigenvalue weighted by Gasteiger charge is -2.22. The van der Waals surface area contributed by atoms with Crippen molar-refractivity contribution < 1.29 is 14.3 Å². The third-order valence-corrected chi connectivity index (χ3v) is 3.44. The number of aryl methyl sites for hydroxylation is 2. The summed E-state index contributed by atoms with van der Waals surface area (Å²) in [6.45, 7) is 3.90. The highest BCUT2D eigenvalue weighted by Gasteiger charge is 2.37. The second-order valence-corrected chi connectivity index (χ2v) is 5.14. The second kappa shape index (κ2) is 4.60. The van der Waals surface area contributed by atoms with Gasteiger partial charge in [-0.3, -0.25) is 9.59 Å². The molecule has 0 amide bonds. The fraction of sp³-hybridized carbons (Fsp3) is 0.176. The largest absolute Gasteiger partial charge is 0.425 e. The molecule has 0 radical (unpaired) electrons. The average molecular weight is 266 g/mol. The van der Waals surface area contributed by atoms with Crippen LogP contribution < -0.4 is 4.74 Å². The molecule has 1 heterocycles. The molecule has 1 atom stereocenters. The number of Topliss-reactive ketones (excluding diaryl/α,β-unsaturated/α-hetero) is 1. The van der Waals surface area contributed by atoms with Crippen LogP contribution in [-0.4, -0.2) is 11.8 Å². The molecule has 1 aliphatic rings. The average Bonchev–Trinajstić information content (AvgIpc) is 2.37. The molecule has 0 saturated heterocycles. The fourth-order valence-electron chi connectivity index (χ4n) is 2.65. The molecule has 20 heavy (non-hydrogen) atoms. The van der Waals surface area contributed by atoms with Crippen LogP contribution in [0, 0.1) is 13.8 Å². The SMILES string of the molecule is Cc1cc(C)cc(C2C(=O)Oc3ccccc3C2=O)c1. The minimum absolute atomic E-state index is 0.193. The van der Waals surface area contributed by atoms with Gasteiger partial charge in [-0.15, -0.1) is 0 Å². The number of rotatable bonds is 1. The van der Waals surface area contributed by atoms with Crippen LogP contribution in [-0.2, 0) is 4.79 Å². The first-order chi connectivity index (χ1) is 9.56. The van der Waals surface area contributed by atoms with Gasteiger partial charge in [-0.2, -0.15) is 0 Å². The maximum atomic E-state index is 12.5. The molecule has 0 spiro atoms. The number of fused-ring (bicyclic) bond motifs is 1. The Labute approximate surface area is 117 Å². The Morgan fingerprint density at radius 3 is 2.30 bits per heavy atom. The summed E-state index contributed by atoms with van der Waals surface area (Å²) in [6.07, 6.45) is 0. The predicted octanol–water partition coefficient (Wildman–Crippen LogP) is 3.19. The smallest absolute Gasteiger partial charge is 0.326 e. The second-order valence-electron chi connectivity index (χ2n) is 5.14. The Kier molecular flexibility index (Phi) is 2.90. The van der Waals surface area contributed by atoms with Crippen LogP contribution in [0.2, 0.25) is 0 Å². The molecule has 2 aromatic carbocycles. The van der Waals surface area contributed by atoms with E-state index in [0.29, 0.717) is 16.9 Å². The zero-order chi connectivity index (χ0) is 14.3. The van der Waals surface area contributed by atoms with Gasteiger partial charge < -0.3 is 4.74 Å². The summed E-state index contributed by atoms with van der Waals surface area (Å²) in [7, 11) is 0.